The van der Waals surface area contributed by atoms with Gasteiger partial charge in [0.05, 0.1) is 64.5 Å². The zero-order valence-corrected chi connectivity index (χ0v) is 62.5. The molecule has 0 aliphatic carbocycles. The Kier molecular flexibility index (Phi) is 23.0. The first kappa shape index (κ1) is 76.2. The molecule has 0 fully saturated rings. The molecule has 6 aromatic carbocycles. The summed E-state index contributed by atoms with van der Waals surface area (Å²) in [5.41, 5.74) is 20.5. The van der Waals surface area contributed by atoms with Crippen LogP contribution in [0.25, 0.3) is 66.3 Å². The molecule has 0 bridgehead atoms. The van der Waals surface area contributed by atoms with Gasteiger partial charge in [-0.15, -0.1) is 0 Å². The molecule has 25 heteroatoms. The minimum atomic E-state index is -0.549. The summed E-state index contributed by atoms with van der Waals surface area (Å²) in [7, 11) is 0. The molecule has 560 valence electrons. The molecule has 8 N–H and O–H groups in total. The van der Waals surface area contributed by atoms with Gasteiger partial charge < -0.3 is 32.7 Å². The Bertz CT molecular complexity index is 6620. The van der Waals surface area contributed by atoms with E-state index in [0.29, 0.717) is 136 Å². The maximum atomic E-state index is 14.1. The van der Waals surface area contributed by atoms with E-state index in [1.165, 1.54) is 6.08 Å². The van der Waals surface area contributed by atoms with Crippen molar-refractivity contribution in [2.24, 2.45) is 11.5 Å². The molecule has 0 radical (unpaired) electrons. The van der Waals surface area contributed by atoms with Gasteiger partial charge in [-0.25, -0.2) is 28.5 Å². The minimum absolute atomic E-state index is 0.118. The molecule has 9 heterocycles. The van der Waals surface area contributed by atoms with Crippen molar-refractivity contribution in [3.63, 3.8) is 0 Å². The molecule has 4 amide bonds. The first-order chi connectivity index (χ1) is 54.9. The summed E-state index contributed by atoms with van der Waals surface area (Å²) < 4.78 is 9.59. The van der Waals surface area contributed by atoms with Crippen molar-refractivity contribution in [2.75, 3.05) is 19.6 Å². The fourth-order valence-electron chi connectivity index (χ4n) is 13.5. The normalized spacial score (nSPS) is 11.6. The fourth-order valence-corrected chi connectivity index (χ4v) is 13.5. The number of hydrogen-bond acceptors (Lipinski definition) is 15. The van der Waals surface area contributed by atoms with E-state index in [9.17, 15) is 33.6 Å². The third-order valence-electron chi connectivity index (χ3n) is 18.6. The number of hydrogen-bond donors (Lipinski definition) is 6. The number of pyridine rings is 3. The second-order valence-corrected chi connectivity index (χ2v) is 26.1. The van der Waals surface area contributed by atoms with Crippen LogP contribution in [-0.4, -0.2) is 101 Å². The lowest BCUT2D eigenvalue weighted by Crippen LogP contribution is -2.32. The van der Waals surface area contributed by atoms with E-state index in [-0.39, 0.29) is 53.4 Å². The van der Waals surface area contributed by atoms with E-state index < -0.39 is 18.1 Å². The number of rotatable bonds is 15. The number of carbonyl (C=O) groups is 4. The first-order valence-electron chi connectivity index (χ1n) is 36.2. The van der Waals surface area contributed by atoms with Crippen LogP contribution in [0, 0.1) is 56.3 Å². The monoisotopic (exact) mass is 1500 g/mol. The maximum Gasteiger partial charge on any atom is 0.264 e. The van der Waals surface area contributed by atoms with Crippen molar-refractivity contribution in [1.29, 1.82) is 0 Å². The summed E-state index contributed by atoms with van der Waals surface area (Å²) in [6.45, 7) is 15.0. The van der Waals surface area contributed by atoms with Crippen LogP contribution in [0.5, 0.6) is 0 Å². The second kappa shape index (κ2) is 34.1. The number of nitrogens with two attached hydrogens (primary N) is 2. The summed E-state index contributed by atoms with van der Waals surface area (Å²) in [5, 5.41) is 28.6. The standard InChI is InChI=1S/C31H26N6O3.C29H26N6O2.C28H24N6O2/c1-4-26(38)32-16-9-13-22-11-8-12-23-19-25(37(31(40)28(22)23)24-14-6-5-7-15-24)20(2)34-30(39)27-21(3)35-36-18-10-17-33-29(27)36;1-19(32-28(36)25-20(2)33-34-17-9-16-31-27(25)34)24-18-22-12-8-11-21(10-6-7-15-30)26(22)29(37)35(24)23-13-4-3-5-14-23;1-18(31-27(35)24-19(2)32-33-16-8-15-30-26(24)33)23-17-21-10-6-9-20(11-7-14-29)25(21)28(36)34(23)22-12-4-3-5-13-22/h4-8,10-12,14-15,17-20H,1,16H2,2-3H3,(H,32,38)(H,34,39);3-5,8-9,11-14,16-19H,7,15,30H2,1-2H3,(H,32,36);3-6,8-10,12-13,15-18H,14,29H2,1-2H3,(H,31,35)/t20-;19-;18-/m000/s1. The molecule has 0 saturated heterocycles. The molecule has 113 heavy (non-hydrogen) atoms. The highest BCUT2D eigenvalue weighted by atomic mass is 16.2. The molecular formula is C88H76N18O7. The summed E-state index contributed by atoms with van der Waals surface area (Å²) in [4.78, 5) is 107. The van der Waals surface area contributed by atoms with E-state index in [1.54, 1.807) is 109 Å². The van der Waals surface area contributed by atoms with Gasteiger partial charge in [0, 0.05) is 101 Å². The van der Waals surface area contributed by atoms with Gasteiger partial charge in [0.1, 0.15) is 16.7 Å². The van der Waals surface area contributed by atoms with Crippen LogP contribution >= 0.6 is 0 Å². The number of fused-ring (bicyclic) bond motifs is 6. The zero-order chi connectivity index (χ0) is 79.4. The molecule has 9 aromatic heterocycles. The molecule has 15 rings (SSSR count). The smallest absolute Gasteiger partial charge is 0.264 e. The Labute approximate surface area is 647 Å². The SMILES string of the molecule is C=CC(=O)NCC#Cc1cccc2cc([C@H](C)NC(=O)c3c(C)nn4cccnc34)n(-c3ccccc3)c(=O)c12.Cc1nn2cccnc2c1C(=O)N[C@@H](C)c1cc2cccc(C#CCCN)c2c(=O)n1-c1ccccc1.Cc1nn2cccnc2c1C(=O)N[C@@H](C)c1cc2cccc(C#CCN)c2c(=O)n1-c1ccccc1. The highest BCUT2D eigenvalue weighted by molar-refractivity contribution is 6.03. The Hall–Kier alpha value is -15.0. The summed E-state index contributed by atoms with van der Waals surface area (Å²) in [5.74, 6) is 16.6. The zero-order valence-electron chi connectivity index (χ0n) is 62.5. The maximum absolute atomic E-state index is 14.1. The summed E-state index contributed by atoms with van der Waals surface area (Å²) in [6.07, 6.45) is 11.8. The van der Waals surface area contributed by atoms with Crippen LogP contribution in [0.4, 0.5) is 0 Å². The van der Waals surface area contributed by atoms with Crippen LogP contribution in [0.1, 0.15) is 127 Å². The van der Waals surface area contributed by atoms with E-state index in [0.717, 1.165) is 10.8 Å². The lowest BCUT2D eigenvalue weighted by molar-refractivity contribution is -0.116. The summed E-state index contributed by atoms with van der Waals surface area (Å²) in [6, 6.07) is 54.0. The van der Waals surface area contributed by atoms with Gasteiger partial charge in [-0.1, -0.05) is 133 Å². The topological polar surface area (TPSA) is 325 Å². The molecule has 0 saturated carbocycles. The fraction of sp³-hybridized carbons (Fsp3) is 0.148. The quantitative estimate of drug-likeness (QED) is 0.0411. The van der Waals surface area contributed by atoms with Crippen LogP contribution in [0.2, 0.25) is 0 Å². The molecule has 3 atom stereocenters. The lowest BCUT2D eigenvalue weighted by Gasteiger charge is -2.21. The predicted octanol–water partition coefficient (Wildman–Crippen LogP) is 10.2. The van der Waals surface area contributed by atoms with E-state index >= 15 is 0 Å². The van der Waals surface area contributed by atoms with Gasteiger partial charge in [-0.05, 0) is 155 Å². The molecular weight excluding hydrogens is 1420 g/mol. The Morgan fingerprint density at radius 3 is 1.09 bits per heavy atom. The second-order valence-electron chi connectivity index (χ2n) is 26.1. The van der Waals surface area contributed by atoms with Gasteiger partial charge >= 0.3 is 0 Å². The molecule has 0 spiro atoms. The van der Waals surface area contributed by atoms with Crippen molar-refractivity contribution in [3.05, 3.63) is 330 Å². The molecule has 25 nitrogen and oxygen atoms in total. The van der Waals surface area contributed by atoms with Crippen LogP contribution in [0.3, 0.4) is 0 Å². The number of amides is 4. The molecule has 15 aromatic rings. The third kappa shape index (κ3) is 16.0. The highest BCUT2D eigenvalue weighted by Gasteiger charge is 2.28. The average molecular weight is 1500 g/mol. The average Bonchev–Trinajstić information content (AvgIpc) is 1.52. The van der Waals surface area contributed by atoms with Crippen LogP contribution in [-0.2, 0) is 4.79 Å². The van der Waals surface area contributed by atoms with Crippen LogP contribution < -0.4 is 49.4 Å². The van der Waals surface area contributed by atoms with E-state index in [1.807, 2.05) is 178 Å². The van der Waals surface area contributed by atoms with Gasteiger partial charge in [0.15, 0.2) is 16.9 Å². The van der Waals surface area contributed by atoms with Gasteiger partial charge in [0.25, 0.3) is 34.4 Å². The van der Waals surface area contributed by atoms with Crippen molar-refractivity contribution < 1.29 is 19.2 Å². The third-order valence-corrected chi connectivity index (χ3v) is 18.6. The number of aryl methyl sites for hydroxylation is 3. The molecule has 0 aliphatic rings. The van der Waals surface area contributed by atoms with Gasteiger partial charge in [-0.2, -0.15) is 15.3 Å². The number of nitrogens with one attached hydrogen (secondary N) is 4. The Morgan fingerprint density at radius 2 is 0.770 bits per heavy atom. The van der Waals surface area contributed by atoms with Crippen molar-refractivity contribution in [3.8, 4) is 52.6 Å². The molecule has 0 aliphatic heterocycles. The number of para-hydroxylation sites is 3. The van der Waals surface area contributed by atoms with Gasteiger partial charge in [-0.3, -0.25) is 47.3 Å². The van der Waals surface area contributed by atoms with E-state index in [4.69, 9.17) is 11.5 Å². The van der Waals surface area contributed by atoms with Gasteiger partial charge in [0.2, 0.25) is 5.91 Å². The number of nitrogens with zero attached hydrogens (tertiary/aromatic N) is 12. The van der Waals surface area contributed by atoms with E-state index in [2.05, 4.69) is 93.6 Å². The number of aromatic nitrogens is 12. The van der Waals surface area contributed by atoms with Crippen molar-refractivity contribution in [1.82, 2.24) is 78.8 Å². The number of carbonyl (C=O) groups excluding carboxylic acids is 4. The predicted molar refractivity (Wildman–Crippen MR) is 436 cm³/mol. The minimum Gasteiger partial charge on any atom is -0.344 e. The Balaban J connectivity index is 0.000000148. The number of benzene rings is 6. The highest BCUT2D eigenvalue weighted by Crippen LogP contribution is 2.29. The lowest BCUT2D eigenvalue weighted by atomic mass is 10.0. The first-order valence-corrected chi connectivity index (χ1v) is 36.2. The van der Waals surface area contributed by atoms with Crippen molar-refractivity contribution in [2.45, 2.75) is 66.1 Å². The van der Waals surface area contributed by atoms with Crippen molar-refractivity contribution >= 4 is 72.9 Å². The molecule has 0 unspecified atom stereocenters. The Morgan fingerprint density at radius 1 is 0.442 bits per heavy atom. The van der Waals surface area contributed by atoms with Crippen LogP contribution in [0.15, 0.2) is 246 Å². The summed E-state index contributed by atoms with van der Waals surface area (Å²) >= 11 is 0. The largest absolute Gasteiger partial charge is 0.344 e.